The first-order valence-corrected chi connectivity index (χ1v) is 4.92. The molecular formula is C9H16N2O4. The molecule has 1 aliphatic rings. The number of aliphatic hydroxyl groups is 1. The first-order chi connectivity index (χ1) is 6.95. The van der Waals surface area contributed by atoms with Crippen LogP contribution in [0.5, 0.6) is 0 Å². The van der Waals surface area contributed by atoms with Gasteiger partial charge in [0.25, 0.3) is 0 Å². The van der Waals surface area contributed by atoms with Crippen molar-refractivity contribution in [1.29, 1.82) is 0 Å². The standard InChI is InChI=1S/C9H16N2O4/c1-5(12)7(10)8(13)11-4-2-3-6(11)9(14)15/h5-7,12H,2-4,10H2,1H3,(H,14,15)/t5?,6-,7?/m0/s1. The molecule has 0 radical (unpaired) electrons. The van der Waals surface area contributed by atoms with E-state index in [0.717, 1.165) is 0 Å². The van der Waals surface area contributed by atoms with Crippen molar-refractivity contribution < 1.29 is 19.8 Å². The Morgan fingerprint density at radius 1 is 1.53 bits per heavy atom. The predicted molar refractivity (Wildman–Crippen MR) is 52.0 cm³/mol. The maximum absolute atomic E-state index is 11.7. The number of nitrogens with zero attached hydrogens (tertiary/aromatic N) is 1. The minimum Gasteiger partial charge on any atom is -0.480 e. The maximum Gasteiger partial charge on any atom is 0.326 e. The summed E-state index contributed by atoms with van der Waals surface area (Å²) in [4.78, 5) is 23.7. The number of likely N-dealkylation sites (tertiary alicyclic amines) is 1. The van der Waals surface area contributed by atoms with Crippen LogP contribution >= 0.6 is 0 Å². The van der Waals surface area contributed by atoms with Gasteiger partial charge in [-0.05, 0) is 19.8 Å². The number of rotatable bonds is 3. The van der Waals surface area contributed by atoms with Crippen LogP contribution in [0.4, 0.5) is 0 Å². The van der Waals surface area contributed by atoms with Gasteiger partial charge in [-0.1, -0.05) is 0 Å². The second kappa shape index (κ2) is 4.59. The van der Waals surface area contributed by atoms with E-state index in [4.69, 9.17) is 15.9 Å². The van der Waals surface area contributed by atoms with Crippen LogP contribution in [0.2, 0.25) is 0 Å². The largest absolute Gasteiger partial charge is 0.480 e. The van der Waals surface area contributed by atoms with Gasteiger partial charge in [-0.2, -0.15) is 0 Å². The molecule has 1 aliphatic heterocycles. The number of hydrogen-bond acceptors (Lipinski definition) is 4. The van der Waals surface area contributed by atoms with Gasteiger partial charge in [0.05, 0.1) is 6.10 Å². The summed E-state index contributed by atoms with van der Waals surface area (Å²) in [5.74, 6) is -1.51. The van der Waals surface area contributed by atoms with Crippen LogP contribution in [-0.2, 0) is 9.59 Å². The van der Waals surface area contributed by atoms with Crippen molar-refractivity contribution in [3.63, 3.8) is 0 Å². The van der Waals surface area contributed by atoms with Crippen LogP contribution in [0.15, 0.2) is 0 Å². The lowest BCUT2D eigenvalue weighted by Gasteiger charge is -2.25. The van der Waals surface area contributed by atoms with Gasteiger partial charge in [0.15, 0.2) is 0 Å². The number of carbonyl (C=O) groups excluding carboxylic acids is 1. The monoisotopic (exact) mass is 216 g/mol. The molecule has 2 unspecified atom stereocenters. The quantitative estimate of drug-likeness (QED) is 0.548. The number of carbonyl (C=O) groups is 2. The van der Waals surface area contributed by atoms with Crippen molar-refractivity contribution in [1.82, 2.24) is 4.90 Å². The van der Waals surface area contributed by atoms with Crippen LogP contribution in [0, 0.1) is 0 Å². The second-order valence-electron chi connectivity index (χ2n) is 3.79. The van der Waals surface area contributed by atoms with Crippen molar-refractivity contribution in [3.8, 4) is 0 Å². The lowest BCUT2D eigenvalue weighted by atomic mass is 10.1. The zero-order valence-electron chi connectivity index (χ0n) is 8.59. The Morgan fingerprint density at radius 2 is 2.13 bits per heavy atom. The average molecular weight is 216 g/mol. The molecule has 0 saturated carbocycles. The first-order valence-electron chi connectivity index (χ1n) is 4.92. The van der Waals surface area contributed by atoms with E-state index in [1.165, 1.54) is 11.8 Å². The Kier molecular flexibility index (Phi) is 3.65. The molecule has 4 N–H and O–H groups in total. The number of nitrogens with two attached hydrogens (primary N) is 1. The molecule has 6 heteroatoms. The molecule has 0 aromatic heterocycles. The molecular weight excluding hydrogens is 200 g/mol. The molecule has 1 amide bonds. The molecule has 6 nitrogen and oxygen atoms in total. The van der Waals surface area contributed by atoms with E-state index in [1.54, 1.807) is 0 Å². The summed E-state index contributed by atoms with van der Waals surface area (Å²) in [6, 6.07) is -1.83. The average Bonchev–Trinajstić information content (AvgIpc) is 2.63. The SMILES string of the molecule is CC(O)C(N)C(=O)N1CCC[C@H]1C(=O)O. The maximum atomic E-state index is 11.7. The number of carboxylic acid groups (broad SMARTS) is 1. The first kappa shape index (κ1) is 11.9. The number of carboxylic acids is 1. The Hall–Kier alpha value is -1.14. The fraction of sp³-hybridized carbons (Fsp3) is 0.778. The summed E-state index contributed by atoms with van der Waals surface area (Å²) < 4.78 is 0. The topological polar surface area (TPSA) is 104 Å². The van der Waals surface area contributed by atoms with Crippen molar-refractivity contribution in [2.75, 3.05) is 6.54 Å². The fourth-order valence-corrected chi connectivity index (χ4v) is 1.69. The Balaban J connectivity index is 2.70. The normalized spacial score (nSPS) is 25.0. The van der Waals surface area contributed by atoms with Gasteiger partial charge in [-0.15, -0.1) is 0 Å². The van der Waals surface area contributed by atoms with Crippen molar-refractivity contribution in [3.05, 3.63) is 0 Å². The van der Waals surface area contributed by atoms with Crippen LogP contribution in [0.1, 0.15) is 19.8 Å². The molecule has 86 valence electrons. The van der Waals surface area contributed by atoms with Gasteiger partial charge in [0.2, 0.25) is 5.91 Å². The molecule has 0 bridgehead atoms. The second-order valence-corrected chi connectivity index (χ2v) is 3.79. The zero-order chi connectivity index (χ0) is 11.6. The molecule has 0 aromatic carbocycles. The van der Waals surface area contributed by atoms with Gasteiger partial charge in [-0.25, -0.2) is 4.79 Å². The number of aliphatic hydroxyl groups excluding tert-OH is 1. The van der Waals surface area contributed by atoms with E-state index in [1.807, 2.05) is 0 Å². The van der Waals surface area contributed by atoms with Gasteiger partial charge >= 0.3 is 5.97 Å². The van der Waals surface area contributed by atoms with Gasteiger partial charge in [0, 0.05) is 6.54 Å². The minimum absolute atomic E-state index is 0.399. The van der Waals surface area contributed by atoms with Crippen molar-refractivity contribution >= 4 is 11.9 Å². The Morgan fingerprint density at radius 3 is 2.60 bits per heavy atom. The smallest absolute Gasteiger partial charge is 0.326 e. The van der Waals surface area contributed by atoms with Crippen molar-refractivity contribution in [2.45, 2.75) is 38.0 Å². The minimum atomic E-state index is -1.04. The molecule has 1 heterocycles. The summed E-state index contributed by atoms with van der Waals surface area (Å²) >= 11 is 0. The van der Waals surface area contributed by atoms with Gasteiger partial charge < -0.3 is 20.8 Å². The van der Waals surface area contributed by atoms with Crippen LogP contribution in [0.3, 0.4) is 0 Å². The number of amides is 1. The molecule has 1 fully saturated rings. The highest BCUT2D eigenvalue weighted by Gasteiger charge is 2.37. The molecule has 1 saturated heterocycles. The number of aliphatic carboxylic acids is 1. The molecule has 3 atom stereocenters. The summed E-state index contributed by atoms with van der Waals surface area (Å²) in [6.07, 6.45) is 0.149. The van der Waals surface area contributed by atoms with E-state index in [-0.39, 0.29) is 0 Å². The highest BCUT2D eigenvalue weighted by molar-refractivity contribution is 5.87. The van der Waals surface area contributed by atoms with E-state index >= 15 is 0 Å². The van der Waals surface area contributed by atoms with Crippen molar-refractivity contribution in [2.24, 2.45) is 5.73 Å². The van der Waals surface area contributed by atoms with Crippen LogP contribution in [0.25, 0.3) is 0 Å². The lowest BCUT2D eigenvalue weighted by molar-refractivity contribution is -0.149. The summed E-state index contributed by atoms with van der Waals surface area (Å²) in [6.45, 7) is 1.81. The molecule has 1 rings (SSSR count). The third kappa shape index (κ3) is 2.45. The summed E-state index contributed by atoms with van der Waals surface area (Å²) in [5, 5.41) is 18.0. The summed E-state index contributed by atoms with van der Waals surface area (Å²) in [5.41, 5.74) is 5.47. The summed E-state index contributed by atoms with van der Waals surface area (Å²) in [7, 11) is 0. The Labute approximate surface area is 87.7 Å². The fourth-order valence-electron chi connectivity index (χ4n) is 1.69. The third-order valence-corrected chi connectivity index (χ3v) is 2.63. The lowest BCUT2D eigenvalue weighted by Crippen LogP contribution is -2.52. The molecule has 0 spiro atoms. The van der Waals surface area contributed by atoms with Gasteiger partial charge in [0.1, 0.15) is 12.1 Å². The third-order valence-electron chi connectivity index (χ3n) is 2.63. The highest BCUT2D eigenvalue weighted by atomic mass is 16.4. The zero-order valence-corrected chi connectivity index (χ0v) is 8.59. The molecule has 15 heavy (non-hydrogen) atoms. The van der Waals surface area contributed by atoms with Crippen LogP contribution < -0.4 is 5.73 Å². The molecule has 0 aromatic rings. The molecule has 0 aliphatic carbocycles. The predicted octanol–water partition coefficient (Wildman–Crippen LogP) is -1.23. The van der Waals surface area contributed by atoms with E-state index in [2.05, 4.69) is 0 Å². The highest BCUT2D eigenvalue weighted by Crippen LogP contribution is 2.18. The van der Waals surface area contributed by atoms with Crippen LogP contribution in [-0.4, -0.2) is 51.7 Å². The van der Waals surface area contributed by atoms with E-state index in [9.17, 15) is 9.59 Å². The Bertz CT molecular complexity index is 267. The van der Waals surface area contributed by atoms with E-state index in [0.29, 0.717) is 19.4 Å². The van der Waals surface area contributed by atoms with Gasteiger partial charge in [-0.3, -0.25) is 4.79 Å². The van der Waals surface area contributed by atoms with E-state index < -0.39 is 30.1 Å². The number of hydrogen-bond donors (Lipinski definition) is 3.